The lowest BCUT2D eigenvalue weighted by atomic mass is 10.2. The zero-order valence-corrected chi connectivity index (χ0v) is 17.5. The van der Waals surface area contributed by atoms with Crippen LogP contribution in [0.15, 0.2) is 29.2 Å². The van der Waals surface area contributed by atoms with E-state index >= 15 is 0 Å². The number of carbonyl (C=O) groups excluding carboxylic acids is 3. The fourth-order valence-corrected chi connectivity index (χ4v) is 4.44. The SMILES string of the molecule is COC(=O)CCCNC(=O)CN1CCN(S(=O)(=O)c2cccc(C(C)=O)c2)CC1. The number of benzene rings is 1. The quantitative estimate of drug-likeness (QED) is 0.343. The molecule has 0 atom stereocenters. The standard InChI is InChI=1S/C19H27N3O6S/c1-15(23)16-5-3-6-17(13-16)29(26,27)22-11-9-21(10-12-22)14-18(24)20-8-4-7-19(25)28-2/h3,5-6,13H,4,7-12,14H2,1-2H3,(H,20,24). The first-order chi connectivity index (χ1) is 13.7. The topological polar surface area (TPSA) is 113 Å². The van der Waals surface area contributed by atoms with Crippen LogP contribution in [0.25, 0.3) is 0 Å². The normalized spacial score (nSPS) is 15.7. The second kappa shape index (κ2) is 10.5. The van der Waals surface area contributed by atoms with Gasteiger partial charge in [0, 0.05) is 44.7 Å². The van der Waals surface area contributed by atoms with Crippen molar-refractivity contribution >= 4 is 27.7 Å². The molecule has 1 aromatic rings. The number of hydrogen-bond donors (Lipinski definition) is 1. The summed E-state index contributed by atoms with van der Waals surface area (Å²) in [6.07, 6.45) is 0.752. The molecule has 10 heteroatoms. The average molecular weight is 426 g/mol. The summed E-state index contributed by atoms with van der Waals surface area (Å²) in [5, 5.41) is 2.74. The third-order valence-corrected chi connectivity index (χ3v) is 6.58. The van der Waals surface area contributed by atoms with Crippen molar-refractivity contribution in [1.82, 2.24) is 14.5 Å². The first kappa shape index (κ1) is 23.0. The Hall–Kier alpha value is -2.30. The number of esters is 1. The van der Waals surface area contributed by atoms with Gasteiger partial charge in [0.05, 0.1) is 18.6 Å². The van der Waals surface area contributed by atoms with Crippen molar-refractivity contribution in [2.75, 3.05) is 46.4 Å². The van der Waals surface area contributed by atoms with Gasteiger partial charge < -0.3 is 10.1 Å². The first-order valence-corrected chi connectivity index (χ1v) is 10.8. The van der Waals surface area contributed by atoms with Crippen molar-refractivity contribution in [3.05, 3.63) is 29.8 Å². The Bertz CT molecular complexity index is 847. The summed E-state index contributed by atoms with van der Waals surface area (Å²) in [7, 11) is -2.37. The summed E-state index contributed by atoms with van der Waals surface area (Å²) in [5.41, 5.74) is 0.355. The van der Waals surface area contributed by atoms with E-state index < -0.39 is 10.0 Å². The van der Waals surface area contributed by atoms with Gasteiger partial charge in [0.2, 0.25) is 15.9 Å². The monoisotopic (exact) mass is 425 g/mol. The summed E-state index contributed by atoms with van der Waals surface area (Å²) in [4.78, 5) is 36.5. The Labute approximate surface area is 171 Å². The van der Waals surface area contributed by atoms with Gasteiger partial charge in [-0.1, -0.05) is 12.1 Å². The van der Waals surface area contributed by atoms with Gasteiger partial charge in [-0.3, -0.25) is 19.3 Å². The molecule has 0 unspecified atom stereocenters. The number of sulfonamides is 1. The van der Waals surface area contributed by atoms with E-state index in [0.717, 1.165) is 0 Å². The van der Waals surface area contributed by atoms with E-state index in [-0.39, 0.29) is 48.6 Å². The van der Waals surface area contributed by atoms with Crippen molar-refractivity contribution < 1.29 is 27.5 Å². The molecule has 0 aliphatic carbocycles. The fourth-order valence-electron chi connectivity index (χ4n) is 2.97. The second-order valence-corrected chi connectivity index (χ2v) is 8.73. The molecule has 1 aliphatic rings. The number of nitrogens with zero attached hydrogens (tertiary/aromatic N) is 2. The lowest BCUT2D eigenvalue weighted by Gasteiger charge is -2.33. The highest BCUT2D eigenvalue weighted by atomic mass is 32.2. The highest BCUT2D eigenvalue weighted by molar-refractivity contribution is 7.89. The Morgan fingerprint density at radius 2 is 1.83 bits per heavy atom. The zero-order chi connectivity index (χ0) is 21.4. The third kappa shape index (κ3) is 6.62. The van der Waals surface area contributed by atoms with Gasteiger partial charge >= 0.3 is 5.97 Å². The molecule has 1 saturated heterocycles. The van der Waals surface area contributed by atoms with Crippen LogP contribution in [0.1, 0.15) is 30.1 Å². The summed E-state index contributed by atoms with van der Waals surface area (Å²) < 4.78 is 31.6. The molecule has 29 heavy (non-hydrogen) atoms. The Kier molecular flexibility index (Phi) is 8.30. The number of ether oxygens (including phenoxy) is 1. The second-order valence-electron chi connectivity index (χ2n) is 6.79. The summed E-state index contributed by atoms with van der Waals surface area (Å²) in [6, 6.07) is 6.02. The molecule has 2 rings (SSSR count). The van der Waals surface area contributed by atoms with Gasteiger partial charge in [0.25, 0.3) is 0 Å². The minimum atomic E-state index is -3.69. The van der Waals surface area contributed by atoms with E-state index in [1.807, 2.05) is 4.90 Å². The number of rotatable bonds is 9. The maximum atomic E-state index is 12.8. The van der Waals surface area contributed by atoms with Crippen molar-refractivity contribution in [3.63, 3.8) is 0 Å². The van der Waals surface area contributed by atoms with E-state index in [2.05, 4.69) is 10.1 Å². The van der Waals surface area contributed by atoms with E-state index in [0.29, 0.717) is 31.6 Å². The van der Waals surface area contributed by atoms with E-state index in [4.69, 9.17) is 0 Å². The molecule has 1 aromatic carbocycles. The number of amides is 1. The fraction of sp³-hybridized carbons (Fsp3) is 0.526. The first-order valence-electron chi connectivity index (χ1n) is 9.41. The maximum Gasteiger partial charge on any atom is 0.305 e. The molecule has 0 aromatic heterocycles. The van der Waals surface area contributed by atoms with Crippen LogP contribution in [0, 0.1) is 0 Å². The lowest BCUT2D eigenvalue weighted by molar-refractivity contribution is -0.140. The van der Waals surface area contributed by atoms with Crippen LogP contribution < -0.4 is 5.32 Å². The minimum absolute atomic E-state index is 0.0991. The summed E-state index contributed by atoms with van der Waals surface area (Å²) in [6.45, 7) is 3.35. The molecular weight excluding hydrogens is 398 g/mol. The van der Waals surface area contributed by atoms with Crippen LogP contribution >= 0.6 is 0 Å². The van der Waals surface area contributed by atoms with Gasteiger partial charge in [0.1, 0.15) is 0 Å². The Balaban J connectivity index is 1.82. The minimum Gasteiger partial charge on any atom is -0.469 e. The van der Waals surface area contributed by atoms with Gasteiger partial charge in [0.15, 0.2) is 5.78 Å². The number of hydrogen-bond acceptors (Lipinski definition) is 7. The van der Waals surface area contributed by atoms with Crippen LogP contribution in [0.3, 0.4) is 0 Å². The van der Waals surface area contributed by atoms with E-state index in [1.165, 1.54) is 30.5 Å². The Morgan fingerprint density at radius 3 is 2.45 bits per heavy atom. The number of ketones is 1. The molecule has 1 amide bonds. The van der Waals surface area contributed by atoms with Crippen LogP contribution in [0.5, 0.6) is 0 Å². The molecule has 1 aliphatic heterocycles. The molecule has 1 N–H and O–H groups in total. The smallest absolute Gasteiger partial charge is 0.305 e. The molecule has 160 valence electrons. The summed E-state index contributed by atoms with van der Waals surface area (Å²) in [5.74, 6) is -0.671. The molecule has 0 spiro atoms. The van der Waals surface area contributed by atoms with Crippen molar-refractivity contribution in [2.45, 2.75) is 24.7 Å². The lowest BCUT2D eigenvalue weighted by Crippen LogP contribution is -2.51. The summed E-state index contributed by atoms with van der Waals surface area (Å²) >= 11 is 0. The van der Waals surface area contributed by atoms with Gasteiger partial charge in [-0.05, 0) is 25.5 Å². The number of Topliss-reactive ketones (excluding diaryl/α,β-unsaturated/α-hetero) is 1. The maximum absolute atomic E-state index is 12.8. The van der Waals surface area contributed by atoms with Crippen LogP contribution in [0.4, 0.5) is 0 Å². The predicted molar refractivity (Wildman–Crippen MR) is 106 cm³/mol. The largest absolute Gasteiger partial charge is 0.469 e. The molecule has 1 heterocycles. The number of methoxy groups -OCH3 is 1. The Morgan fingerprint density at radius 1 is 1.14 bits per heavy atom. The zero-order valence-electron chi connectivity index (χ0n) is 16.7. The van der Waals surface area contributed by atoms with Crippen molar-refractivity contribution in [2.24, 2.45) is 0 Å². The molecule has 0 bridgehead atoms. The van der Waals surface area contributed by atoms with Gasteiger partial charge in [-0.25, -0.2) is 8.42 Å². The third-order valence-electron chi connectivity index (χ3n) is 4.68. The highest BCUT2D eigenvalue weighted by Crippen LogP contribution is 2.19. The van der Waals surface area contributed by atoms with Gasteiger partial charge in [-0.2, -0.15) is 4.31 Å². The molecule has 0 saturated carbocycles. The van der Waals surface area contributed by atoms with Crippen molar-refractivity contribution in [1.29, 1.82) is 0 Å². The van der Waals surface area contributed by atoms with E-state index in [1.54, 1.807) is 12.1 Å². The average Bonchev–Trinajstić information content (AvgIpc) is 2.71. The van der Waals surface area contributed by atoms with Crippen LogP contribution in [-0.2, 0) is 24.3 Å². The number of carbonyl (C=O) groups is 3. The number of piperazine rings is 1. The molecule has 1 fully saturated rings. The molecule has 0 radical (unpaired) electrons. The van der Waals surface area contributed by atoms with Crippen LogP contribution in [-0.4, -0.2) is 81.7 Å². The predicted octanol–water partition coefficient (Wildman–Crippen LogP) is 0.265. The molecular formula is C19H27N3O6S. The highest BCUT2D eigenvalue weighted by Gasteiger charge is 2.29. The number of nitrogens with one attached hydrogen (secondary N) is 1. The molecule has 9 nitrogen and oxygen atoms in total. The van der Waals surface area contributed by atoms with E-state index in [9.17, 15) is 22.8 Å². The van der Waals surface area contributed by atoms with Crippen LogP contribution in [0.2, 0.25) is 0 Å². The van der Waals surface area contributed by atoms with Gasteiger partial charge in [-0.15, -0.1) is 0 Å². The van der Waals surface area contributed by atoms with Crippen molar-refractivity contribution in [3.8, 4) is 0 Å².